The second kappa shape index (κ2) is 4.50. The molecule has 5 heteroatoms. The second-order valence-corrected chi connectivity index (χ2v) is 3.10. The van der Waals surface area contributed by atoms with Gasteiger partial charge in [-0.25, -0.2) is 13.6 Å². The molecule has 0 saturated carbocycles. The maximum Gasteiger partial charge on any atom is 0.338 e. The summed E-state index contributed by atoms with van der Waals surface area (Å²) in [6.07, 6.45) is 0. The quantitative estimate of drug-likeness (QED) is 0.607. The summed E-state index contributed by atoms with van der Waals surface area (Å²) in [5.41, 5.74) is 0.000116. The monoisotopic (exact) mass is 264 g/mol. The molecule has 76 valence electrons. The lowest BCUT2D eigenvalue weighted by molar-refractivity contribution is 0.0598. The Morgan fingerprint density at radius 3 is 2.64 bits per heavy atom. The molecule has 0 aliphatic rings. The SMILES string of the molecule is COC(=O)c1cc(F)cc(F)c1CBr. The van der Waals surface area contributed by atoms with E-state index in [2.05, 4.69) is 20.7 Å². The van der Waals surface area contributed by atoms with Crippen molar-refractivity contribution in [3.8, 4) is 0 Å². The first-order chi connectivity index (χ1) is 6.60. The molecular formula is C9H7BrF2O2. The molecule has 1 aromatic rings. The van der Waals surface area contributed by atoms with E-state index in [9.17, 15) is 13.6 Å². The van der Waals surface area contributed by atoms with E-state index in [0.29, 0.717) is 0 Å². The summed E-state index contributed by atoms with van der Waals surface area (Å²) in [6, 6.07) is 1.68. The van der Waals surface area contributed by atoms with Crippen LogP contribution in [0.3, 0.4) is 0 Å². The van der Waals surface area contributed by atoms with Gasteiger partial charge >= 0.3 is 5.97 Å². The van der Waals surface area contributed by atoms with E-state index in [0.717, 1.165) is 19.2 Å². The normalized spacial score (nSPS) is 10.0. The highest BCUT2D eigenvalue weighted by molar-refractivity contribution is 9.08. The van der Waals surface area contributed by atoms with Crippen LogP contribution in [0.1, 0.15) is 15.9 Å². The smallest absolute Gasteiger partial charge is 0.338 e. The van der Waals surface area contributed by atoms with E-state index in [1.54, 1.807) is 0 Å². The van der Waals surface area contributed by atoms with Crippen LogP contribution in [0.15, 0.2) is 12.1 Å². The fourth-order valence-corrected chi connectivity index (χ4v) is 1.60. The van der Waals surface area contributed by atoms with Gasteiger partial charge in [0.25, 0.3) is 0 Å². The molecule has 0 bridgehead atoms. The number of rotatable bonds is 2. The second-order valence-electron chi connectivity index (χ2n) is 2.54. The molecule has 1 aromatic carbocycles. The summed E-state index contributed by atoms with van der Waals surface area (Å²) in [5.74, 6) is -2.31. The number of halogens is 3. The molecule has 0 fully saturated rings. The van der Waals surface area contributed by atoms with Crippen LogP contribution in [0.2, 0.25) is 0 Å². The number of benzene rings is 1. The average molecular weight is 265 g/mol. The highest BCUT2D eigenvalue weighted by Crippen LogP contribution is 2.19. The zero-order valence-electron chi connectivity index (χ0n) is 7.31. The van der Waals surface area contributed by atoms with E-state index < -0.39 is 17.6 Å². The summed E-state index contributed by atoms with van der Waals surface area (Å²) in [7, 11) is 1.16. The van der Waals surface area contributed by atoms with Crippen molar-refractivity contribution in [3.05, 3.63) is 34.9 Å². The van der Waals surface area contributed by atoms with Gasteiger partial charge < -0.3 is 4.74 Å². The first-order valence-corrected chi connectivity index (χ1v) is 4.84. The van der Waals surface area contributed by atoms with Gasteiger partial charge in [-0.05, 0) is 6.07 Å². The summed E-state index contributed by atoms with van der Waals surface area (Å²) in [6.45, 7) is 0. The lowest BCUT2D eigenvalue weighted by atomic mass is 10.1. The predicted octanol–water partition coefficient (Wildman–Crippen LogP) is 2.65. The molecule has 0 heterocycles. The van der Waals surface area contributed by atoms with E-state index in [1.165, 1.54) is 0 Å². The van der Waals surface area contributed by atoms with Crippen LogP contribution in [-0.4, -0.2) is 13.1 Å². The maximum absolute atomic E-state index is 13.1. The van der Waals surface area contributed by atoms with Crippen LogP contribution in [-0.2, 0) is 10.1 Å². The fourth-order valence-electron chi connectivity index (χ4n) is 1.03. The number of alkyl halides is 1. The first-order valence-electron chi connectivity index (χ1n) is 3.72. The zero-order chi connectivity index (χ0) is 10.7. The lowest BCUT2D eigenvalue weighted by Gasteiger charge is -2.06. The van der Waals surface area contributed by atoms with E-state index in [4.69, 9.17) is 0 Å². The molecule has 2 nitrogen and oxygen atoms in total. The third-order valence-electron chi connectivity index (χ3n) is 1.70. The van der Waals surface area contributed by atoms with E-state index in [-0.39, 0.29) is 16.5 Å². The average Bonchev–Trinajstić information content (AvgIpc) is 2.15. The van der Waals surface area contributed by atoms with Gasteiger partial charge in [0.1, 0.15) is 11.6 Å². The molecule has 0 spiro atoms. The standard InChI is InChI=1S/C9H7BrF2O2/c1-14-9(13)6-2-5(11)3-8(12)7(6)4-10/h2-3H,4H2,1H3. The molecule has 0 saturated heterocycles. The molecule has 0 atom stereocenters. The number of carbonyl (C=O) groups excluding carboxylic acids is 1. The minimum Gasteiger partial charge on any atom is -0.465 e. The highest BCUT2D eigenvalue weighted by atomic mass is 79.9. The molecule has 0 aliphatic carbocycles. The summed E-state index contributed by atoms with van der Waals surface area (Å²) in [4.78, 5) is 11.1. The van der Waals surface area contributed by atoms with Gasteiger partial charge in [0.15, 0.2) is 0 Å². The van der Waals surface area contributed by atoms with Gasteiger partial charge in [-0.15, -0.1) is 0 Å². The predicted molar refractivity (Wildman–Crippen MR) is 50.3 cm³/mol. The molecule has 14 heavy (non-hydrogen) atoms. The Morgan fingerprint density at radius 2 is 2.14 bits per heavy atom. The van der Waals surface area contributed by atoms with Gasteiger partial charge in [-0.3, -0.25) is 0 Å². The van der Waals surface area contributed by atoms with Crippen molar-refractivity contribution >= 4 is 21.9 Å². The Morgan fingerprint density at radius 1 is 1.50 bits per heavy atom. The molecule has 1 rings (SSSR count). The Hall–Kier alpha value is -0.970. The van der Waals surface area contributed by atoms with Crippen molar-refractivity contribution in [2.75, 3.05) is 7.11 Å². The van der Waals surface area contributed by atoms with Gasteiger partial charge in [0.2, 0.25) is 0 Å². The zero-order valence-corrected chi connectivity index (χ0v) is 8.90. The summed E-state index contributed by atoms with van der Waals surface area (Å²) >= 11 is 3.01. The van der Waals surface area contributed by atoms with Gasteiger partial charge in [-0.1, -0.05) is 15.9 Å². The number of hydrogen-bond acceptors (Lipinski definition) is 2. The molecule has 0 unspecified atom stereocenters. The number of methoxy groups -OCH3 is 1. The number of esters is 1. The maximum atomic E-state index is 13.1. The highest BCUT2D eigenvalue weighted by Gasteiger charge is 2.16. The Bertz CT molecular complexity index is 366. The van der Waals surface area contributed by atoms with Crippen molar-refractivity contribution in [1.82, 2.24) is 0 Å². The van der Waals surface area contributed by atoms with Crippen molar-refractivity contribution in [1.29, 1.82) is 0 Å². The van der Waals surface area contributed by atoms with Crippen LogP contribution in [0.4, 0.5) is 8.78 Å². The molecule has 0 radical (unpaired) electrons. The number of carbonyl (C=O) groups is 1. The van der Waals surface area contributed by atoms with Crippen molar-refractivity contribution in [3.63, 3.8) is 0 Å². The topological polar surface area (TPSA) is 26.3 Å². The molecule has 0 amide bonds. The molecule has 0 N–H and O–H groups in total. The van der Waals surface area contributed by atoms with Crippen LogP contribution in [0.25, 0.3) is 0 Å². The third-order valence-corrected chi connectivity index (χ3v) is 2.26. The molecular weight excluding hydrogens is 258 g/mol. The van der Waals surface area contributed by atoms with Crippen LogP contribution in [0, 0.1) is 11.6 Å². The Balaban J connectivity index is 3.32. The summed E-state index contributed by atoms with van der Waals surface area (Å²) in [5, 5.41) is 0.129. The minimum absolute atomic E-state index is 0.0955. The van der Waals surface area contributed by atoms with Gasteiger partial charge in [-0.2, -0.15) is 0 Å². The number of hydrogen-bond donors (Lipinski definition) is 0. The van der Waals surface area contributed by atoms with Crippen LogP contribution >= 0.6 is 15.9 Å². The van der Waals surface area contributed by atoms with E-state index in [1.807, 2.05) is 0 Å². The van der Waals surface area contributed by atoms with Gasteiger partial charge in [0.05, 0.1) is 12.7 Å². The van der Waals surface area contributed by atoms with Gasteiger partial charge in [0, 0.05) is 17.0 Å². The molecule has 0 aromatic heterocycles. The summed E-state index contributed by atoms with van der Waals surface area (Å²) < 4.78 is 30.3. The van der Waals surface area contributed by atoms with Crippen molar-refractivity contribution in [2.45, 2.75) is 5.33 Å². The van der Waals surface area contributed by atoms with E-state index >= 15 is 0 Å². The first kappa shape index (κ1) is 11.1. The molecule has 0 aliphatic heterocycles. The third kappa shape index (κ3) is 2.09. The fraction of sp³-hybridized carbons (Fsp3) is 0.222. The Kier molecular flexibility index (Phi) is 3.57. The Labute approximate surface area is 88.0 Å². The van der Waals surface area contributed by atoms with Crippen LogP contribution in [0.5, 0.6) is 0 Å². The minimum atomic E-state index is -0.799. The van der Waals surface area contributed by atoms with Crippen LogP contribution < -0.4 is 0 Å². The number of ether oxygens (including phenoxy) is 1. The largest absolute Gasteiger partial charge is 0.465 e. The lowest BCUT2D eigenvalue weighted by Crippen LogP contribution is -2.07. The van der Waals surface area contributed by atoms with Crippen molar-refractivity contribution in [2.24, 2.45) is 0 Å². The van der Waals surface area contributed by atoms with Crippen molar-refractivity contribution < 1.29 is 18.3 Å².